The van der Waals surface area contributed by atoms with Gasteiger partial charge in [-0.1, -0.05) is 48.5 Å². The first kappa shape index (κ1) is 24.9. The van der Waals surface area contributed by atoms with Gasteiger partial charge in [-0.2, -0.15) is 9.78 Å². The molecule has 6 nitrogen and oxygen atoms in total. The lowest BCUT2D eigenvalue weighted by Crippen LogP contribution is -2.24. The van der Waals surface area contributed by atoms with Crippen LogP contribution < -0.4 is 15.0 Å². The number of fused-ring (bicyclic) bond motifs is 1. The molecule has 0 unspecified atom stereocenters. The van der Waals surface area contributed by atoms with Gasteiger partial charge in [0.1, 0.15) is 5.60 Å². The van der Waals surface area contributed by atoms with E-state index in [9.17, 15) is 4.79 Å². The van der Waals surface area contributed by atoms with E-state index in [0.717, 1.165) is 16.7 Å². The molecule has 4 aromatic rings. The van der Waals surface area contributed by atoms with Crippen LogP contribution in [0, 0.1) is 0 Å². The molecule has 3 aromatic carbocycles. The van der Waals surface area contributed by atoms with Gasteiger partial charge < -0.3 is 9.47 Å². The maximum atomic E-state index is 13.4. The highest BCUT2D eigenvalue weighted by Gasteiger charge is 2.20. The maximum absolute atomic E-state index is 13.4. The lowest BCUT2D eigenvalue weighted by atomic mass is 10.0. The van der Waals surface area contributed by atoms with Crippen LogP contribution in [-0.4, -0.2) is 28.1 Å². The minimum Gasteiger partial charge on any atom is -0.490 e. The summed E-state index contributed by atoms with van der Waals surface area (Å²) >= 11 is 0. The molecule has 0 aliphatic rings. The van der Waals surface area contributed by atoms with Gasteiger partial charge in [0.25, 0.3) is 5.56 Å². The fourth-order valence-electron chi connectivity index (χ4n) is 3.88. The highest BCUT2D eigenvalue weighted by Crippen LogP contribution is 2.36. The molecule has 1 heterocycles. The summed E-state index contributed by atoms with van der Waals surface area (Å²) in [4.78, 5) is 18.2. The normalized spacial score (nSPS) is 11.7. The molecule has 0 aliphatic heterocycles. The summed E-state index contributed by atoms with van der Waals surface area (Å²) in [5, 5.41) is 5.11. The Labute approximate surface area is 211 Å². The molecule has 0 saturated carbocycles. The summed E-state index contributed by atoms with van der Waals surface area (Å²) in [5.41, 5.74) is 2.50. The Hall–Kier alpha value is -4.19. The van der Waals surface area contributed by atoms with Gasteiger partial charge >= 0.3 is 0 Å². The molecule has 0 radical (unpaired) electrons. The number of hydrogen-bond donors (Lipinski definition) is 0. The summed E-state index contributed by atoms with van der Waals surface area (Å²) in [7, 11) is 0. The van der Waals surface area contributed by atoms with Crippen LogP contribution >= 0.6 is 0 Å². The average Bonchev–Trinajstić information content (AvgIpc) is 2.85. The predicted molar refractivity (Wildman–Crippen MR) is 146 cm³/mol. The van der Waals surface area contributed by atoms with Crippen molar-refractivity contribution in [2.75, 3.05) is 6.61 Å². The van der Waals surface area contributed by atoms with Crippen molar-refractivity contribution in [2.45, 2.75) is 39.7 Å². The van der Waals surface area contributed by atoms with Crippen LogP contribution in [0.15, 0.2) is 89.3 Å². The summed E-state index contributed by atoms with van der Waals surface area (Å²) in [6.07, 6.45) is 4.08. The van der Waals surface area contributed by atoms with E-state index in [0.29, 0.717) is 41.3 Å². The molecule has 4 rings (SSSR count). The van der Waals surface area contributed by atoms with Crippen LogP contribution in [0.1, 0.15) is 38.8 Å². The molecule has 0 bridgehead atoms. The smallest absolute Gasteiger partial charge is 0.282 e. The zero-order valence-electron chi connectivity index (χ0n) is 21.2. The molecule has 0 saturated heterocycles. The van der Waals surface area contributed by atoms with Gasteiger partial charge in [0.15, 0.2) is 17.3 Å². The van der Waals surface area contributed by atoms with E-state index in [-0.39, 0.29) is 5.56 Å². The first-order valence-corrected chi connectivity index (χ1v) is 12.0. The first-order chi connectivity index (χ1) is 17.3. The number of ether oxygens (including phenoxy) is 2. The van der Waals surface area contributed by atoms with Crippen LogP contribution in [0.5, 0.6) is 11.5 Å². The first-order valence-electron chi connectivity index (χ1n) is 12.0. The Kier molecular flexibility index (Phi) is 7.34. The number of allylic oxidation sites excluding steroid dienone is 1. The van der Waals surface area contributed by atoms with E-state index >= 15 is 0 Å². The van der Waals surface area contributed by atoms with Gasteiger partial charge in [0, 0.05) is 11.1 Å². The van der Waals surface area contributed by atoms with E-state index in [4.69, 9.17) is 14.5 Å². The third kappa shape index (κ3) is 5.54. The summed E-state index contributed by atoms with van der Waals surface area (Å²) < 4.78 is 13.5. The van der Waals surface area contributed by atoms with E-state index in [1.807, 2.05) is 94.4 Å². The van der Waals surface area contributed by atoms with Crippen molar-refractivity contribution in [1.82, 2.24) is 9.66 Å². The highest BCUT2D eigenvalue weighted by atomic mass is 16.5. The van der Waals surface area contributed by atoms with Crippen LogP contribution in [0.4, 0.5) is 0 Å². The number of benzene rings is 3. The van der Waals surface area contributed by atoms with Gasteiger partial charge in [-0.05, 0) is 63.9 Å². The van der Waals surface area contributed by atoms with Gasteiger partial charge in [-0.25, -0.2) is 4.98 Å². The van der Waals surface area contributed by atoms with Crippen molar-refractivity contribution >= 4 is 17.1 Å². The van der Waals surface area contributed by atoms with Crippen molar-refractivity contribution in [1.29, 1.82) is 0 Å². The van der Waals surface area contributed by atoms with E-state index < -0.39 is 5.60 Å². The molecule has 0 spiro atoms. The maximum Gasteiger partial charge on any atom is 0.282 e. The third-order valence-corrected chi connectivity index (χ3v) is 5.33. The zero-order valence-corrected chi connectivity index (χ0v) is 21.2. The number of rotatable bonds is 8. The van der Waals surface area contributed by atoms with Crippen molar-refractivity contribution in [2.24, 2.45) is 5.10 Å². The molecule has 0 fully saturated rings. The Morgan fingerprint density at radius 3 is 2.47 bits per heavy atom. The average molecular weight is 482 g/mol. The van der Waals surface area contributed by atoms with Crippen molar-refractivity contribution in [3.8, 4) is 22.9 Å². The molecule has 0 atom stereocenters. The SMILES string of the molecule is C=CCc1cc(C=Nn2c(-c3ccccc3)nc3ccccc3c2=O)cc(OCC)c1OC(C)(C)C. The molecule has 184 valence electrons. The second kappa shape index (κ2) is 10.6. The van der Waals surface area contributed by atoms with Gasteiger partial charge in [-0.15, -0.1) is 6.58 Å². The van der Waals surface area contributed by atoms with Crippen LogP contribution in [0.2, 0.25) is 0 Å². The molecule has 36 heavy (non-hydrogen) atoms. The van der Waals surface area contributed by atoms with Crippen LogP contribution in [-0.2, 0) is 6.42 Å². The largest absolute Gasteiger partial charge is 0.490 e. The molecular formula is C30H31N3O3. The van der Waals surface area contributed by atoms with Gasteiger partial charge in [0.05, 0.1) is 23.7 Å². The number of hydrogen-bond acceptors (Lipinski definition) is 5. The van der Waals surface area contributed by atoms with Crippen LogP contribution in [0.3, 0.4) is 0 Å². The van der Waals surface area contributed by atoms with E-state index in [1.165, 1.54) is 4.68 Å². The van der Waals surface area contributed by atoms with Gasteiger partial charge in [-0.3, -0.25) is 4.79 Å². The Morgan fingerprint density at radius 1 is 1.06 bits per heavy atom. The molecular weight excluding hydrogens is 450 g/mol. The quantitative estimate of drug-likeness (QED) is 0.220. The molecule has 0 N–H and O–H groups in total. The predicted octanol–water partition coefficient (Wildman–Crippen LogP) is 6.25. The molecule has 0 aliphatic carbocycles. The summed E-state index contributed by atoms with van der Waals surface area (Å²) in [5.74, 6) is 1.79. The Morgan fingerprint density at radius 2 is 1.78 bits per heavy atom. The topological polar surface area (TPSA) is 65.7 Å². The lowest BCUT2D eigenvalue weighted by molar-refractivity contribution is 0.122. The van der Waals surface area contributed by atoms with Crippen LogP contribution in [0.25, 0.3) is 22.3 Å². The van der Waals surface area contributed by atoms with Gasteiger partial charge in [0.2, 0.25) is 0 Å². The fraction of sp³-hybridized carbons (Fsp3) is 0.233. The minimum atomic E-state index is -0.397. The monoisotopic (exact) mass is 481 g/mol. The molecule has 6 heteroatoms. The summed E-state index contributed by atoms with van der Waals surface area (Å²) in [6.45, 7) is 12.3. The van der Waals surface area contributed by atoms with E-state index in [1.54, 1.807) is 12.3 Å². The van der Waals surface area contributed by atoms with Crippen molar-refractivity contribution < 1.29 is 9.47 Å². The van der Waals surface area contributed by atoms with Crippen molar-refractivity contribution in [3.63, 3.8) is 0 Å². The fourth-order valence-corrected chi connectivity index (χ4v) is 3.88. The molecule has 1 aromatic heterocycles. The number of para-hydroxylation sites is 1. The van der Waals surface area contributed by atoms with Crippen molar-refractivity contribution in [3.05, 3.63) is 101 Å². The number of nitrogens with zero attached hydrogens (tertiary/aromatic N) is 3. The minimum absolute atomic E-state index is 0.236. The standard InChI is InChI=1S/C30H31N3O3/c1-6-13-23-18-21(19-26(35-7-2)27(23)36-30(3,4)5)20-31-33-28(22-14-9-8-10-15-22)32-25-17-12-11-16-24(25)29(33)34/h6,8-12,14-20H,1,7,13H2,2-5H3. The number of aromatic nitrogens is 2. The lowest BCUT2D eigenvalue weighted by Gasteiger charge is -2.25. The Balaban J connectivity index is 1.87. The van der Waals surface area contributed by atoms with E-state index in [2.05, 4.69) is 11.7 Å². The zero-order chi connectivity index (χ0) is 25.7. The second-order valence-corrected chi connectivity index (χ2v) is 9.33. The third-order valence-electron chi connectivity index (χ3n) is 5.33. The highest BCUT2D eigenvalue weighted by molar-refractivity contribution is 5.83. The summed E-state index contributed by atoms with van der Waals surface area (Å²) in [6, 6.07) is 20.7. The Bertz CT molecular complexity index is 1470. The molecule has 0 amide bonds. The second-order valence-electron chi connectivity index (χ2n) is 9.33.